The van der Waals surface area contributed by atoms with Gasteiger partial charge >= 0.3 is 5.97 Å². The second-order valence-electron chi connectivity index (χ2n) is 7.90. The van der Waals surface area contributed by atoms with Gasteiger partial charge in [0, 0.05) is 17.9 Å². The minimum absolute atomic E-state index is 0.0291. The lowest BCUT2D eigenvalue weighted by molar-refractivity contribution is -0.384. The van der Waals surface area contributed by atoms with Gasteiger partial charge in [0.05, 0.1) is 15.7 Å². The van der Waals surface area contributed by atoms with E-state index in [4.69, 9.17) is 9.47 Å². The van der Waals surface area contributed by atoms with Crippen molar-refractivity contribution in [1.82, 2.24) is 10.2 Å². The molecule has 2 amide bonds. The normalized spacial score (nSPS) is 23.0. The van der Waals surface area contributed by atoms with E-state index in [-0.39, 0.29) is 30.2 Å². The van der Waals surface area contributed by atoms with Gasteiger partial charge in [-0.25, -0.2) is 4.79 Å². The Balaban J connectivity index is 1.36. The number of nitro benzene ring substituents is 1. The highest BCUT2D eigenvalue weighted by atomic mass is 32.2. The van der Waals surface area contributed by atoms with Gasteiger partial charge in [0.1, 0.15) is 23.8 Å². The highest BCUT2D eigenvalue weighted by Gasteiger charge is 2.59. The Hall–Kier alpha value is -4.06. The number of hydrogen-bond acceptors (Lipinski definition) is 8. The smallest absolute Gasteiger partial charge is 0.333 e. The van der Waals surface area contributed by atoms with Crippen LogP contribution in [-0.2, 0) is 36.5 Å². The van der Waals surface area contributed by atoms with Gasteiger partial charge < -0.3 is 19.7 Å². The molecule has 0 aliphatic carbocycles. The number of nitrogens with one attached hydrogen (secondary N) is 1. The fraction of sp³-hybridized carbons (Fsp3) is 0.261. The second-order valence-corrected chi connectivity index (χ2v) is 9.43. The van der Waals surface area contributed by atoms with Gasteiger partial charge in [-0.2, -0.15) is 0 Å². The number of carbonyl (C=O) groups excluding carboxylic acids is 3. The molecule has 2 fully saturated rings. The summed E-state index contributed by atoms with van der Waals surface area (Å²) in [6.45, 7) is 3.28. The summed E-state index contributed by atoms with van der Waals surface area (Å²) in [5.41, 5.74) is 0.683. The Morgan fingerprint density at radius 2 is 1.86 bits per heavy atom. The number of nitrogens with zero attached hydrogens (tertiary/aromatic N) is 2. The van der Waals surface area contributed by atoms with Crippen molar-refractivity contribution in [2.24, 2.45) is 0 Å². The topological polar surface area (TPSA) is 145 Å². The van der Waals surface area contributed by atoms with Crippen LogP contribution in [0.4, 0.5) is 5.69 Å². The van der Waals surface area contributed by atoms with Gasteiger partial charge in [0.15, 0.2) is 12.6 Å². The molecule has 0 spiro atoms. The van der Waals surface area contributed by atoms with E-state index in [2.05, 4.69) is 11.9 Å². The lowest BCUT2D eigenvalue weighted by Gasteiger charge is -2.52. The molecule has 4 rings (SSSR count). The van der Waals surface area contributed by atoms with Crippen molar-refractivity contribution in [3.8, 4) is 5.75 Å². The Labute approximate surface area is 202 Å². The van der Waals surface area contributed by atoms with Gasteiger partial charge in [-0.05, 0) is 35.4 Å². The maximum atomic E-state index is 12.8. The van der Waals surface area contributed by atoms with E-state index < -0.39 is 51.0 Å². The number of β-lactam (4-membered cyclic amide) rings is 1. The number of para-hydroxylation sites is 1. The standard InChI is InChI=1S/C23H21N3O8S/c1-14-13-35(32)22-19(24-18(27)12-33-17-5-3-2-4-6-17)21(28)25(22)20(14)23(29)34-11-15-7-9-16(10-8-15)26(30)31/h2-10,19-20,22H,1,11-13H2,(H,24,27)/t19-,20+,22+,35-/m1/s1. The molecule has 2 saturated heterocycles. The SMILES string of the molecule is C=C1C[S@@](=O)[C@H]2[C@H](NC(=O)COc3ccccc3)C(=O)N2[C@@H]1C(=O)OCc1ccc([N+](=O)[O-])cc1. The van der Waals surface area contributed by atoms with Crippen LogP contribution >= 0.6 is 0 Å². The van der Waals surface area contributed by atoms with Crippen molar-refractivity contribution in [2.75, 3.05) is 12.4 Å². The van der Waals surface area contributed by atoms with Crippen molar-refractivity contribution < 1.29 is 33.0 Å². The number of nitro groups is 1. The predicted molar refractivity (Wildman–Crippen MR) is 123 cm³/mol. The minimum Gasteiger partial charge on any atom is -0.484 e. The van der Waals surface area contributed by atoms with Crippen LogP contribution in [0.1, 0.15) is 5.56 Å². The number of benzene rings is 2. The highest BCUT2D eigenvalue weighted by molar-refractivity contribution is 7.86. The number of amides is 2. The molecule has 11 nitrogen and oxygen atoms in total. The number of non-ortho nitro benzene ring substituents is 1. The van der Waals surface area contributed by atoms with Crippen LogP contribution in [0.2, 0.25) is 0 Å². The minimum atomic E-state index is -1.57. The molecule has 2 aliphatic heterocycles. The molecule has 0 unspecified atom stereocenters. The molecule has 0 aromatic heterocycles. The molecule has 182 valence electrons. The highest BCUT2D eigenvalue weighted by Crippen LogP contribution is 2.34. The predicted octanol–water partition coefficient (Wildman–Crippen LogP) is 1.06. The van der Waals surface area contributed by atoms with Crippen molar-refractivity contribution in [2.45, 2.75) is 24.1 Å². The molecule has 0 radical (unpaired) electrons. The van der Waals surface area contributed by atoms with Gasteiger partial charge in [-0.3, -0.25) is 23.9 Å². The molecule has 0 bridgehead atoms. The van der Waals surface area contributed by atoms with Crippen LogP contribution in [0.15, 0.2) is 66.7 Å². The molecule has 2 aliphatic rings. The summed E-state index contributed by atoms with van der Waals surface area (Å²) >= 11 is 0. The van der Waals surface area contributed by atoms with Crippen LogP contribution in [-0.4, -0.2) is 61.6 Å². The molecule has 35 heavy (non-hydrogen) atoms. The van der Waals surface area contributed by atoms with Gasteiger partial charge in [-0.1, -0.05) is 24.8 Å². The van der Waals surface area contributed by atoms with Crippen LogP contribution in [0.25, 0.3) is 0 Å². The van der Waals surface area contributed by atoms with E-state index in [1.54, 1.807) is 30.3 Å². The van der Waals surface area contributed by atoms with E-state index >= 15 is 0 Å². The van der Waals surface area contributed by atoms with E-state index in [1.807, 2.05) is 0 Å². The van der Waals surface area contributed by atoms with Crippen molar-refractivity contribution in [3.05, 3.63) is 82.4 Å². The summed E-state index contributed by atoms with van der Waals surface area (Å²) in [6, 6.07) is 11.9. The van der Waals surface area contributed by atoms with Gasteiger partial charge in [0.25, 0.3) is 11.6 Å². The fourth-order valence-corrected chi connectivity index (χ4v) is 5.49. The van der Waals surface area contributed by atoms with Gasteiger partial charge in [-0.15, -0.1) is 0 Å². The lowest BCUT2D eigenvalue weighted by atomic mass is 9.98. The molecular weight excluding hydrogens is 478 g/mol. The van der Waals surface area contributed by atoms with Crippen molar-refractivity contribution >= 4 is 34.3 Å². The molecule has 2 aromatic carbocycles. The summed E-state index contributed by atoms with van der Waals surface area (Å²) in [6.07, 6.45) is 0. The summed E-state index contributed by atoms with van der Waals surface area (Å²) < 4.78 is 23.4. The molecule has 2 heterocycles. The quantitative estimate of drug-likeness (QED) is 0.187. The molecule has 2 aromatic rings. The van der Waals surface area contributed by atoms with E-state index in [0.717, 1.165) is 4.90 Å². The monoisotopic (exact) mass is 499 g/mol. The first-order valence-electron chi connectivity index (χ1n) is 10.5. The number of esters is 1. The largest absolute Gasteiger partial charge is 0.484 e. The Morgan fingerprint density at radius 3 is 2.51 bits per heavy atom. The third-order valence-electron chi connectivity index (χ3n) is 5.52. The molecule has 12 heteroatoms. The van der Waals surface area contributed by atoms with Crippen LogP contribution in [0.5, 0.6) is 5.75 Å². The Kier molecular flexibility index (Phi) is 6.92. The summed E-state index contributed by atoms with van der Waals surface area (Å²) in [7, 11) is -1.57. The average Bonchev–Trinajstić information content (AvgIpc) is 2.85. The van der Waals surface area contributed by atoms with E-state index in [9.17, 15) is 28.7 Å². The van der Waals surface area contributed by atoms with Gasteiger partial charge in [0.2, 0.25) is 5.91 Å². The lowest BCUT2D eigenvalue weighted by Crippen LogP contribution is -2.77. The zero-order chi connectivity index (χ0) is 25.1. The van der Waals surface area contributed by atoms with Crippen molar-refractivity contribution in [3.63, 3.8) is 0 Å². The number of fused-ring (bicyclic) bond motifs is 1. The Morgan fingerprint density at radius 1 is 1.17 bits per heavy atom. The summed E-state index contributed by atoms with van der Waals surface area (Å²) in [5.74, 6) is -1.45. The number of hydrogen-bond donors (Lipinski definition) is 1. The maximum absolute atomic E-state index is 12.8. The maximum Gasteiger partial charge on any atom is 0.333 e. The first-order valence-corrected chi connectivity index (χ1v) is 11.9. The first kappa shape index (κ1) is 24.1. The number of ether oxygens (including phenoxy) is 2. The molecule has 0 saturated carbocycles. The first-order chi connectivity index (χ1) is 16.8. The van der Waals surface area contributed by atoms with E-state index in [0.29, 0.717) is 11.3 Å². The third kappa shape index (κ3) is 5.06. The third-order valence-corrected chi connectivity index (χ3v) is 7.22. The van der Waals surface area contributed by atoms with Crippen molar-refractivity contribution in [1.29, 1.82) is 0 Å². The average molecular weight is 500 g/mol. The number of rotatable bonds is 8. The fourth-order valence-electron chi connectivity index (χ4n) is 3.82. The number of carbonyl (C=O) groups is 3. The molecule has 4 atom stereocenters. The van der Waals surface area contributed by atoms with Crippen LogP contribution in [0, 0.1) is 10.1 Å². The molecule has 1 N–H and O–H groups in total. The molecular formula is C23H21N3O8S. The Bertz CT molecular complexity index is 1200. The summed E-state index contributed by atoms with van der Waals surface area (Å²) in [5, 5.41) is 12.4. The zero-order valence-corrected chi connectivity index (χ0v) is 19.1. The second kappa shape index (κ2) is 10.1. The van der Waals surface area contributed by atoms with Crippen LogP contribution < -0.4 is 10.1 Å². The zero-order valence-electron chi connectivity index (χ0n) is 18.3. The summed E-state index contributed by atoms with van der Waals surface area (Å²) in [4.78, 5) is 49.2. The van der Waals surface area contributed by atoms with E-state index in [1.165, 1.54) is 24.3 Å². The van der Waals surface area contributed by atoms with Crippen LogP contribution in [0.3, 0.4) is 0 Å².